The summed E-state index contributed by atoms with van der Waals surface area (Å²) in [7, 11) is 2.08. The molecule has 4 rings (SSSR count). The van der Waals surface area contributed by atoms with E-state index in [2.05, 4.69) is 32.8 Å². The fourth-order valence-corrected chi connectivity index (χ4v) is 5.11. The molecule has 0 bridgehead atoms. The second kappa shape index (κ2) is 7.68. The van der Waals surface area contributed by atoms with Crippen LogP contribution >= 0.6 is 27.3 Å². The lowest BCUT2D eigenvalue weighted by atomic mass is 9.89. The summed E-state index contributed by atoms with van der Waals surface area (Å²) in [5.74, 6) is -0.653. The van der Waals surface area contributed by atoms with Gasteiger partial charge in [0.2, 0.25) is 0 Å². The molecule has 1 atom stereocenters. The molecule has 1 aromatic carbocycles. The third-order valence-electron chi connectivity index (χ3n) is 5.44. The van der Waals surface area contributed by atoms with E-state index in [0.29, 0.717) is 22.8 Å². The van der Waals surface area contributed by atoms with Crippen molar-refractivity contribution in [3.63, 3.8) is 0 Å². The predicted octanol–water partition coefficient (Wildman–Crippen LogP) is 2.52. The van der Waals surface area contributed by atoms with Crippen molar-refractivity contribution in [2.45, 2.75) is 12.0 Å². The van der Waals surface area contributed by atoms with E-state index in [4.69, 9.17) is 0 Å². The first-order chi connectivity index (χ1) is 13.4. The molecule has 0 saturated carbocycles. The lowest BCUT2D eigenvalue weighted by molar-refractivity contribution is -0.136. The molecule has 1 saturated heterocycles. The second-order valence-corrected chi connectivity index (χ2v) is 9.84. The van der Waals surface area contributed by atoms with Gasteiger partial charge in [-0.2, -0.15) is 0 Å². The molecule has 2 aliphatic heterocycles. The Balaban J connectivity index is 1.59. The highest BCUT2D eigenvalue weighted by molar-refractivity contribution is 9.11. The summed E-state index contributed by atoms with van der Waals surface area (Å²) in [5.41, 5.74) is -0.622. The first kappa shape index (κ1) is 19.7. The molecule has 1 unspecified atom stereocenters. The van der Waals surface area contributed by atoms with Crippen LogP contribution in [0.1, 0.15) is 21.7 Å². The maximum absolute atomic E-state index is 13.3. The number of ketones is 1. The average Bonchev–Trinajstić information content (AvgIpc) is 3.20. The van der Waals surface area contributed by atoms with Crippen LogP contribution in [0.3, 0.4) is 0 Å². The van der Waals surface area contributed by atoms with Gasteiger partial charge in [0.25, 0.3) is 5.91 Å². The highest BCUT2D eigenvalue weighted by Crippen LogP contribution is 2.43. The third kappa shape index (κ3) is 3.55. The molecule has 1 N–H and O–H groups in total. The summed E-state index contributed by atoms with van der Waals surface area (Å²) in [6.07, 6.45) is -0.255. The number of nitrogens with zero attached hydrogens (tertiary/aromatic N) is 3. The van der Waals surface area contributed by atoms with Crippen molar-refractivity contribution in [2.75, 3.05) is 44.8 Å². The van der Waals surface area contributed by atoms with Crippen LogP contribution in [0.2, 0.25) is 0 Å². The summed E-state index contributed by atoms with van der Waals surface area (Å²) < 4.78 is 0.845. The largest absolute Gasteiger partial charge is 0.375 e. The maximum atomic E-state index is 13.3. The molecule has 148 valence electrons. The average molecular weight is 464 g/mol. The van der Waals surface area contributed by atoms with Crippen LogP contribution in [-0.4, -0.2) is 66.5 Å². The van der Waals surface area contributed by atoms with Crippen molar-refractivity contribution in [3.8, 4) is 0 Å². The fraction of sp³-hybridized carbons (Fsp3) is 0.400. The molecule has 1 amide bonds. The van der Waals surface area contributed by atoms with Crippen molar-refractivity contribution in [1.29, 1.82) is 0 Å². The van der Waals surface area contributed by atoms with Gasteiger partial charge in [0.15, 0.2) is 11.4 Å². The van der Waals surface area contributed by atoms with E-state index < -0.39 is 11.5 Å². The summed E-state index contributed by atoms with van der Waals surface area (Å²) in [4.78, 5) is 32.6. The van der Waals surface area contributed by atoms with E-state index in [0.717, 1.165) is 30.0 Å². The minimum atomic E-state index is -1.82. The van der Waals surface area contributed by atoms with Crippen LogP contribution < -0.4 is 4.90 Å². The Kier molecular flexibility index (Phi) is 5.41. The summed E-state index contributed by atoms with van der Waals surface area (Å²) in [6, 6.07) is 10.7. The number of Topliss-reactive ketones (excluding diaryl/α,β-unsaturated/α-hetero) is 1. The predicted molar refractivity (Wildman–Crippen MR) is 113 cm³/mol. The van der Waals surface area contributed by atoms with Gasteiger partial charge in [0.05, 0.1) is 27.4 Å². The van der Waals surface area contributed by atoms with E-state index in [9.17, 15) is 14.7 Å². The fourth-order valence-electron chi connectivity index (χ4n) is 3.79. The van der Waals surface area contributed by atoms with E-state index >= 15 is 0 Å². The minimum absolute atomic E-state index is 0.234. The zero-order chi connectivity index (χ0) is 19.9. The number of likely N-dealkylation sites (N-methyl/N-ethyl adjacent to an activating group) is 1. The number of para-hydroxylation sites is 1. The van der Waals surface area contributed by atoms with Gasteiger partial charge in [-0.1, -0.05) is 18.2 Å². The molecular weight excluding hydrogens is 442 g/mol. The van der Waals surface area contributed by atoms with Crippen LogP contribution in [-0.2, 0) is 10.4 Å². The van der Waals surface area contributed by atoms with E-state index in [1.165, 1.54) is 11.3 Å². The lowest BCUT2D eigenvalue weighted by Gasteiger charge is -2.35. The zero-order valence-electron chi connectivity index (χ0n) is 15.6. The number of carbonyl (C=O) groups excluding carboxylic acids is 2. The number of hydrogen-bond acceptors (Lipinski definition) is 6. The number of hydrogen-bond donors (Lipinski definition) is 1. The van der Waals surface area contributed by atoms with Crippen LogP contribution in [0.25, 0.3) is 0 Å². The maximum Gasteiger partial charge on any atom is 0.265 e. The van der Waals surface area contributed by atoms with Gasteiger partial charge in [0.1, 0.15) is 0 Å². The van der Waals surface area contributed by atoms with E-state index in [1.807, 2.05) is 12.1 Å². The number of thiophene rings is 1. The Labute approximate surface area is 176 Å². The van der Waals surface area contributed by atoms with Crippen molar-refractivity contribution in [2.24, 2.45) is 0 Å². The highest BCUT2D eigenvalue weighted by atomic mass is 79.9. The zero-order valence-corrected chi connectivity index (χ0v) is 18.0. The molecule has 2 aliphatic rings. The van der Waals surface area contributed by atoms with Gasteiger partial charge in [-0.05, 0) is 41.2 Å². The number of aliphatic hydroxyl groups is 1. The van der Waals surface area contributed by atoms with Crippen molar-refractivity contribution in [3.05, 3.63) is 50.6 Å². The summed E-state index contributed by atoms with van der Waals surface area (Å²) in [5, 5.41) is 11.3. The number of rotatable bonds is 5. The SMILES string of the molecule is CN1CCN(CN2C(=O)C(O)(CC(=O)c3ccc(Br)s3)c3ccccc32)CC1. The molecule has 6 nitrogen and oxygen atoms in total. The first-order valence-electron chi connectivity index (χ1n) is 9.22. The van der Waals surface area contributed by atoms with Crippen LogP contribution in [0.15, 0.2) is 40.2 Å². The molecule has 2 aromatic rings. The van der Waals surface area contributed by atoms with Gasteiger partial charge in [-0.25, -0.2) is 0 Å². The molecule has 1 aromatic heterocycles. The van der Waals surface area contributed by atoms with Crippen LogP contribution in [0.4, 0.5) is 5.69 Å². The van der Waals surface area contributed by atoms with Gasteiger partial charge in [0, 0.05) is 31.7 Å². The van der Waals surface area contributed by atoms with Gasteiger partial charge in [-0.15, -0.1) is 11.3 Å². The number of carbonyl (C=O) groups is 2. The van der Waals surface area contributed by atoms with Gasteiger partial charge < -0.3 is 10.0 Å². The summed E-state index contributed by atoms with van der Waals surface area (Å²) in [6.45, 7) is 4.04. The van der Waals surface area contributed by atoms with E-state index in [-0.39, 0.29) is 12.2 Å². The molecular formula is C20H22BrN3O3S. The Morgan fingerprint density at radius 3 is 2.57 bits per heavy atom. The first-order valence-corrected chi connectivity index (χ1v) is 10.8. The molecule has 0 aliphatic carbocycles. The molecule has 0 radical (unpaired) electrons. The highest BCUT2D eigenvalue weighted by Gasteiger charge is 2.51. The van der Waals surface area contributed by atoms with E-state index in [1.54, 1.807) is 29.2 Å². The Morgan fingerprint density at radius 2 is 1.89 bits per heavy atom. The van der Waals surface area contributed by atoms with Gasteiger partial charge in [-0.3, -0.25) is 19.4 Å². The Hall–Kier alpha value is -1.58. The minimum Gasteiger partial charge on any atom is -0.375 e. The number of halogens is 1. The topological polar surface area (TPSA) is 64.1 Å². The number of benzene rings is 1. The van der Waals surface area contributed by atoms with Crippen LogP contribution in [0.5, 0.6) is 0 Å². The summed E-state index contributed by atoms with van der Waals surface area (Å²) >= 11 is 4.66. The number of piperazine rings is 1. The lowest BCUT2D eigenvalue weighted by Crippen LogP contribution is -2.51. The molecule has 0 spiro atoms. The van der Waals surface area contributed by atoms with Crippen LogP contribution in [0, 0.1) is 0 Å². The Bertz CT molecular complexity index is 910. The monoisotopic (exact) mass is 463 g/mol. The third-order valence-corrected chi connectivity index (χ3v) is 7.11. The standard InChI is InChI=1S/C20H22BrN3O3S/c1-22-8-10-23(11-9-22)13-24-15-5-3-2-4-14(15)20(27,19(24)26)12-16(25)17-6-7-18(21)28-17/h2-7,27H,8-13H2,1H3. The van der Waals surface area contributed by atoms with Gasteiger partial charge >= 0.3 is 0 Å². The normalized spacial score (nSPS) is 23.2. The number of anilines is 1. The molecule has 8 heteroatoms. The molecule has 28 heavy (non-hydrogen) atoms. The molecule has 1 fully saturated rings. The van der Waals surface area contributed by atoms with Crippen molar-refractivity contribution < 1.29 is 14.7 Å². The molecule has 3 heterocycles. The number of amides is 1. The quantitative estimate of drug-likeness (QED) is 0.690. The smallest absolute Gasteiger partial charge is 0.265 e. The second-order valence-electron chi connectivity index (χ2n) is 7.38. The Morgan fingerprint density at radius 1 is 1.18 bits per heavy atom. The van der Waals surface area contributed by atoms with Crippen molar-refractivity contribution in [1.82, 2.24) is 9.80 Å². The van der Waals surface area contributed by atoms with Crippen molar-refractivity contribution >= 4 is 44.6 Å². The number of fused-ring (bicyclic) bond motifs is 1.